The van der Waals surface area contributed by atoms with E-state index in [0.29, 0.717) is 35.7 Å². The van der Waals surface area contributed by atoms with Crippen molar-refractivity contribution >= 4 is 5.91 Å². The number of aromatic nitrogens is 1. The third-order valence-electron chi connectivity index (χ3n) is 4.92. The van der Waals surface area contributed by atoms with Gasteiger partial charge in [0, 0.05) is 12.6 Å². The van der Waals surface area contributed by atoms with Gasteiger partial charge in [-0.3, -0.25) is 9.69 Å². The molecule has 0 spiro atoms. The van der Waals surface area contributed by atoms with E-state index in [1.807, 2.05) is 31.2 Å². The fraction of sp³-hybridized carbons (Fsp3) is 0.500. The van der Waals surface area contributed by atoms with Gasteiger partial charge in [-0.25, -0.2) is 4.98 Å². The number of carbonyl (C=O) groups is 1. The molecule has 140 valence electrons. The highest BCUT2D eigenvalue weighted by Crippen LogP contribution is 2.30. The molecule has 26 heavy (non-hydrogen) atoms. The molecular weight excluding hydrogens is 330 g/mol. The van der Waals surface area contributed by atoms with Crippen molar-refractivity contribution in [1.82, 2.24) is 15.2 Å². The van der Waals surface area contributed by atoms with Crippen molar-refractivity contribution in [2.75, 3.05) is 26.7 Å². The highest BCUT2D eigenvalue weighted by atomic mass is 16.5. The number of para-hydroxylation sites is 1. The Hall–Kier alpha value is -2.34. The largest absolute Gasteiger partial charge is 0.496 e. The summed E-state index contributed by atoms with van der Waals surface area (Å²) in [6.45, 7) is 6.91. The summed E-state index contributed by atoms with van der Waals surface area (Å²) in [4.78, 5) is 19.3. The molecule has 1 N–H and O–H groups in total. The monoisotopic (exact) mass is 357 g/mol. The number of nitrogens with zero attached hydrogens (tertiary/aromatic N) is 2. The number of likely N-dealkylation sites (tertiary alicyclic amines) is 1. The van der Waals surface area contributed by atoms with Crippen LogP contribution in [0, 0.1) is 6.92 Å². The first kappa shape index (κ1) is 18.5. The topological polar surface area (TPSA) is 67.6 Å². The number of oxazole rings is 1. The second-order valence-electron chi connectivity index (χ2n) is 6.80. The summed E-state index contributed by atoms with van der Waals surface area (Å²) in [5, 5.41) is 3.02. The summed E-state index contributed by atoms with van der Waals surface area (Å²) < 4.78 is 11.1. The van der Waals surface area contributed by atoms with Gasteiger partial charge < -0.3 is 14.5 Å². The Kier molecular flexibility index (Phi) is 5.93. The summed E-state index contributed by atoms with van der Waals surface area (Å²) in [5.74, 6) is 1.81. The molecule has 2 heterocycles. The second kappa shape index (κ2) is 8.36. The molecule has 6 heteroatoms. The van der Waals surface area contributed by atoms with Crippen LogP contribution in [0.5, 0.6) is 5.75 Å². The molecule has 1 aromatic carbocycles. The van der Waals surface area contributed by atoms with E-state index >= 15 is 0 Å². The number of carbonyl (C=O) groups excluding carboxylic acids is 1. The molecule has 1 aromatic heterocycles. The van der Waals surface area contributed by atoms with E-state index in [-0.39, 0.29) is 12.3 Å². The maximum Gasteiger partial charge on any atom is 0.230 e. The minimum Gasteiger partial charge on any atom is -0.496 e. The van der Waals surface area contributed by atoms with Gasteiger partial charge in [0.15, 0.2) is 0 Å². The van der Waals surface area contributed by atoms with Gasteiger partial charge in [-0.15, -0.1) is 0 Å². The number of amides is 1. The quantitative estimate of drug-likeness (QED) is 0.825. The molecule has 1 unspecified atom stereocenters. The lowest BCUT2D eigenvalue weighted by Crippen LogP contribution is -2.41. The van der Waals surface area contributed by atoms with Crippen LogP contribution >= 0.6 is 0 Å². The van der Waals surface area contributed by atoms with Gasteiger partial charge in [-0.2, -0.15) is 0 Å². The predicted octanol–water partition coefficient (Wildman–Crippen LogP) is 2.80. The number of rotatable bonds is 7. The minimum atomic E-state index is -0.0287. The number of aryl methyl sites for hydroxylation is 1. The zero-order chi connectivity index (χ0) is 18.5. The van der Waals surface area contributed by atoms with Crippen molar-refractivity contribution in [2.24, 2.45) is 0 Å². The molecule has 6 nitrogen and oxygen atoms in total. The van der Waals surface area contributed by atoms with Gasteiger partial charge in [-0.1, -0.05) is 12.1 Å². The molecule has 1 fully saturated rings. The fourth-order valence-corrected chi connectivity index (χ4v) is 3.32. The number of hydrogen-bond acceptors (Lipinski definition) is 5. The summed E-state index contributed by atoms with van der Waals surface area (Å²) >= 11 is 0. The Morgan fingerprint density at radius 2 is 2.08 bits per heavy atom. The van der Waals surface area contributed by atoms with Crippen LogP contribution < -0.4 is 10.1 Å². The van der Waals surface area contributed by atoms with Crippen LogP contribution in [0.3, 0.4) is 0 Å². The van der Waals surface area contributed by atoms with Crippen molar-refractivity contribution in [1.29, 1.82) is 0 Å². The van der Waals surface area contributed by atoms with Gasteiger partial charge in [0.05, 0.1) is 24.8 Å². The van der Waals surface area contributed by atoms with Gasteiger partial charge in [0.25, 0.3) is 0 Å². The van der Waals surface area contributed by atoms with E-state index in [1.165, 1.54) is 12.8 Å². The Bertz CT molecular complexity index is 751. The van der Waals surface area contributed by atoms with Gasteiger partial charge in [0.2, 0.25) is 11.8 Å². The molecule has 1 aliphatic rings. The van der Waals surface area contributed by atoms with Gasteiger partial charge in [-0.05, 0) is 51.9 Å². The fourth-order valence-electron chi connectivity index (χ4n) is 3.32. The summed E-state index contributed by atoms with van der Waals surface area (Å²) in [5.41, 5.74) is 1.45. The number of methoxy groups -OCH3 is 1. The van der Waals surface area contributed by atoms with E-state index < -0.39 is 0 Å². The molecule has 1 atom stereocenters. The average molecular weight is 357 g/mol. The molecule has 1 saturated heterocycles. The van der Waals surface area contributed by atoms with E-state index in [4.69, 9.17) is 9.15 Å². The summed E-state index contributed by atoms with van der Waals surface area (Å²) in [7, 11) is 1.62. The third-order valence-corrected chi connectivity index (χ3v) is 4.92. The molecule has 3 rings (SSSR count). The normalized spacial score (nSPS) is 15.8. The van der Waals surface area contributed by atoms with E-state index in [0.717, 1.165) is 18.7 Å². The third kappa shape index (κ3) is 4.25. The van der Waals surface area contributed by atoms with Crippen molar-refractivity contribution in [3.05, 3.63) is 35.7 Å². The number of ether oxygens (including phenoxy) is 1. The molecule has 0 aliphatic carbocycles. The van der Waals surface area contributed by atoms with E-state index in [2.05, 4.69) is 22.1 Å². The molecule has 1 aliphatic heterocycles. The van der Waals surface area contributed by atoms with Crippen LogP contribution in [0.25, 0.3) is 11.5 Å². The highest BCUT2D eigenvalue weighted by molar-refractivity contribution is 5.78. The van der Waals surface area contributed by atoms with Crippen LogP contribution in [0.15, 0.2) is 28.7 Å². The highest BCUT2D eigenvalue weighted by Gasteiger charge is 2.20. The van der Waals surface area contributed by atoms with Crippen molar-refractivity contribution in [3.8, 4) is 17.2 Å². The lowest BCUT2D eigenvalue weighted by molar-refractivity contribution is -0.120. The second-order valence-corrected chi connectivity index (χ2v) is 6.80. The number of hydrogen-bond donors (Lipinski definition) is 1. The van der Waals surface area contributed by atoms with Crippen LogP contribution in [0.2, 0.25) is 0 Å². The smallest absolute Gasteiger partial charge is 0.230 e. The first-order valence-corrected chi connectivity index (χ1v) is 9.19. The number of benzene rings is 1. The van der Waals surface area contributed by atoms with E-state index in [9.17, 15) is 4.79 Å². The molecule has 0 saturated carbocycles. The molecule has 1 amide bonds. The predicted molar refractivity (Wildman–Crippen MR) is 100 cm³/mol. The van der Waals surface area contributed by atoms with Crippen LogP contribution in [-0.2, 0) is 11.2 Å². The number of nitrogens with one attached hydrogen (secondary N) is 1. The summed E-state index contributed by atoms with van der Waals surface area (Å²) in [6, 6.07) is 7.92. The molecule has 2 aromatic rings. The maximum atomic E-state index is 12.3. The van der Waals surface area contributed by atoms with Gasteiger partial charge >= 0.3 is 0 Å². The lowest BCUT2D eigenvalue weighted by atomic mass is 10.2. The van der Waals surface area contributed by atoms with Crippen LogP contribution in [0.4, 0.5) is 0 Å². The Labute approximate surface area is 154 Å². The van der Waals surface area contributed by atoms with Gasteiger partial charge in [0.1, 0.15) is 11.5 Å². The molecular formula is C20H27N3O3. The zero-order valence-electron chi connectivity index (χ0n) is 15.7. The Morgan fingerprint density at radius 3 is 2.81 bits per heavy atom. The molecule has 0 bridgehead atoms. The lowest BCUT2D eigenvalue weighted by Gasteiger charge is -2.23. The van der Waals surface area contributed by atoms with Crippen molar-refractivity contribution in [2.45, 2.75) is 39.2 Å². The zero-order valence-corrected chi connectivity index (χ0v) is 15.7. The van der Waals surface area contributed by atoms with E-state index in [1.54, 1.807) is 7.11 Å². The first-order chi connectivity index (χ1) is 12.6. The maximum absolute atomic E-state index is 12.3. The van der Waals surface area contributed by atoms with Crippen molar-refractivity contribution < 1.29 is 13.9 Å². The molecule has 0 radical (unpaired) electrons. The SMILES string of the molecule is COc1ccccc1-c1nc(CC(=O)NCC(C)N2CCCC2)c(C)o1. The van der Waals surface area contributed by atoms with Crippen LogP contribution in [0.1, 0.15) is 31.2 Å². The van der Waals surface area contributed by atoms with Crippen molar-refractivity contribution in [3.63, 3.8) is 0 Å². The van der Waals surface area contributed by atoms with Crippen LogP contribution in [-0.4, -0.2) is 48.6 Å². The Morgan fingerprint density at radius 1 is 1.35 bits per heavy atom. The average Bonchev–Trinajstić information content (AvgIpc) is 3.30. The minimum absolute atomic E-state index is 0.0287. The first-order valence-electron chi connectivity index (χ1n) is 9.19. The Balaban J connectivity index is 1.61. The standard InChI is InChI=1S/C20H27N3O3/c1-14(23-10-6-7-11-23)13-21-19(24)12-17-15(2)26-20(22-17)16-8-4-5-9-18(16)25-3/h4-5,8-9,14H,6-7,10-13H2,1-3H3,(H,21,24). The summed E-state index contributed by atoms with van der Waals surface area (Å²) in [6.07, 6.45) is 2.72.